The van der Waals surface area contributed by atoms with E-state index in [0.717, 1.165) is 5.56 Å². The highest BCUT2D eigenvalue weighted by Crippen LogP contribution is 2.45. The first-order chi connectivity index (χ1) is 15.4. The molecule has 0 unspecified atom stereocenters. The van der Waals surface area contributed by atoms with Crippen molar-refractivity contribution in [2.24, 2.45) is 11.3 Å². The van der Waals surface area contributed by atoms with E-state index < -0.39 is 23.5 Å². The van der Waals surface area contributed by atoms with Crippen LogP contribution in [0.2, 0.25) is 0 Å². The third-order valence-corrected chi connectivity index (χ3v) is 5.27. The Labute approximate surface area is 194 Å². The van der Waals surface area contributed by atoms with E-state index in [1.807, 2.05) is 26.8 Å². The van der Waals surface area contributed by atoms with Gasteiger partial charge < -0.3 is 24.1 Å². The molecule has 7 nitrogen and oxygen atoms in total. The van der Waals surface area contributed by atoms with Crippen molar-refractivity contribution in [2.45, 2.75) is 60.7 Å². The van der Waals surface area contributed by atoms with Crippen LogP contribution in [-0.4, -0.2) is 24.2 Å². The predicted molar refractivity (Wildman–Crippen MR) is 123 cm³/mol. The number of aryl methyl sites for hydroxylation is 1. The first-order valence-corrected chi connectivity index (χ1v) is 11.0. The average molecular weight is 457 g/mol. The number of methoxy groups -OCH3 is 1. The summed E-state index contributed by atoms with van der Waals surface area (Å²) in [6.07, 6.45) is -0.318. The number of hydrogen-bond acceptors (Lipinski definition) is 7. The van der Waals surface area contributed by atoms with Gasteiger partial charge in [0.25, 0.3) is 0 Å². The number of aliphatic hydroxyl groups excluding tert-OH is 1. The number of carbonyl (C=O) groups excluding carboxylic acids is 2. The van der Waals surface area contributed by atoms with Gasteiger partial charge in [0, 0.05) is 11.1 Å². The second-order valence-corrected chi connectivity index (χ2v) is 9.78. The molecule has 0 spiro atoms. The van der Waals surface area contributed by atoms with Crippen LogP contribution in [0, 0.1) is 18.3 Å². The lowest BCUT2D eigenvalue weighted by Gasteiger charge is -2.25. The summed E-state index contributed by atoms with van der Waals surface area (Å²) in [5.41, 5.74) is 1.25. The fourth-order valence-electron chi connectivity index (χ4n) is 3.60. The lowest BCUT2D eigenvalue weighted by atomic mass is 9.96. The number of carbonyl (C=O) groups is 2. The van der Waals surface area contributed by atoms with Gasteiger partial charge >= 0.3 is 11.9 Å². The normalized spacial score (nSPS) is 14.3. The summed E-state index contributed by atoms with van der Waals surface area (Å²) in [5.74, 6) is 0.139. The molecule has 1 aliphatic rings. The van der Waals surface area contributed by atoms with Gasteiger partial charge in [0.15, 0.2) is 11.5 Å². The van der Waals surface area contributed by atoms with Gasteiger partial charge in [0.05, 0.1) is 18.6 Å². The van der Waals surface area contributed by atoms with E-state index in [4.69, 9.17) is 18.9 Å². The summed E-state index contributed by atoms with van der Waals surface area (Å²) in [4.78, 5) is 25.6. The minimum absolute atomic E-state index is 0.0721. The van der Waals surface area contributed by atoms with Crippen molar-refractivity contribution in [3.05, 3.63) is 46.5 Å². The standard InChI is InChI=1S/C26H32O7/c1-14(2)10-18(27)17-8-9-19-21(23(17)30-7)24(28)31-13-16-11-15(3)12-20(22(16)32-19)33-25(29)26(4,5)6/h8-9,11-12,14,18,27H,10,13H2,1-7H3/t18-/m0/s1. The van der Waals surface area contributed by atoms with Crippen molar-refractivity contribution in [2.75, 3.05) is 7.11 Å². The summed E-state index contributed by atoms with van der Waals surface area (Å²) in [5, 5.41) is 10.7. The van der Waals surface area contributed by atoms with E-state index in [1.54, 1.807) is 39.0 Å². The smallest absolute Gasteiger partial charge is 0.346 e. The Hall–Kier alpha value is -3.06. The highest BCUT2D eigenvalue weighted by molar-refractivity contribution is 5.96. The number of benzene rings is 2. The van der Waals surface area contributed by atoms with Gasteiger partial charge in [0.1, 0.15) is 23.7 Å². The van der Waals surface area contributed by atoms with E-state index >= 15 is 0 Å². The molecule has 0 saturated heterocycles. The summed E-state index contributed by atoms with van der Waals surface area (Å²) in [6, 6.07) is 6.81. The van der Waals surface area contributed by atoms with Gasteiger partial charge in [-0.1, -0.05) is 13.8 Å². The van der Waals surface area contributed by atoms with Crippen LogP contribution in [0.4, 0.5) is 0 Å². The van der Waals surface area contributed by atoms with Crippen molar-refractivity contribution >= 4 is 11.9 Å². The Kier molecular flexibility index (Phi) is 7.03. The number of hydrogen-bond donors (Lipinski definition) is 1. The molecule has 0 fully saturated rings. The third-order valence-electron chi connectivity index (χ3n) is 5.27. The van der Waals surface area contributed by atoms with Crippen LogP contribution in [0.25, 0.3) is 0 Å². The van der Waals surface area contributed by atoms with Gasteiger partial charge in [-0.05, 0) is 69.9 Å². The van der Waals surface area contributed by atoms with E-state index in [9.17, 15) is 14.7 Å². The maximum absolute atomic E-state index is 13.0. The van der Waals surface area contributed by atoms with Gasteiger partial charge in [-0.15, -0.1) is 0 Å². The molecule has 1 heterocycles. The molecule has 0 radical (unpaired) electrons. The lowest BCUT2D eigenvalue weighted by molar-refractivity contribution is -0.143. The van der Waals surface area contributed by atoms with Gasteiger partial charge in [-0.2, -0.15) is 0 Å². The quantitative estimate of drug-likeness (QED) is 0.469. The predicted octanol–water partition coefficient (Wildman–Crippen LogP) is 5.50. The molecule has 0 saturated carbocycles. The number of cyclic esters (lactones) is 1. The molecular weight excluding hydrogens is 424 g/mol. The molecule has 3 rings (SSSR count). The summed E-state index contributed by atoms with van der Waals surface area (Å²) in [7, 11) is 1.43. The maximum Gasteiger partial charge on any atom is 0.346 e. The number of fused-ring (bicyclic) bond motifs is 2. The molecule has 0 bridgehead atoms. The Morgan fingerprint density at radius 1 is 1.21 bits per heavy atom. The summed E-state index contributed by atoms with van der Waals surface area (Å²) >= 11 is 0. The highest BCUT2D eigenvalue weighted by atomic mass is 16.6. The van der Waals surface area contributed by atoms with Crippen molar-refractivity contribution in [1.29, 1.82) is 0 Å². The van der Waals surface area contributed by atoms with E-state index in [2.05, 4.69) is 0 Å². The zero-order chi connectivity index (χ0) is 24.5. The molecule has 2 aromatic carbocycles. The average Bonchev–Trinajstić information content (AvgIpc) is 2.70. The molecule has 1 aliphatic heterocycles. The molecule has 33 heavy (non-hydrogen) atoms. The molecule has 0 amide bonds. The number of ether oxygens (including phenoxy) is 4. The topological polar surface area (TPSA) is 91.3 Å². The Morgan fingerprint density at radius 3 is 2.52 bits per heavy atom. The zero-order valence-electron chi connectivity index (χ0n) is 20.3. The summed E-state index contributed by atoms with van der Waals surface area (Å²) in [6.45, 7) is 11.1. The zero-order valence-corrected chi connectivity index (χ0v) is 20.3. The van der Waals surface area contributed by atoms with Crippen LogP contribution < -0.4 is 14.2 Å². The monoisotopic (exact) mass is 456 g/mol. The number of aliphatic hydroxyl groups is 1. The summed E-state index contributed by atoms with van der Waals surface area (Å²) < 4.78 is 22.9. The number of esters is 2. The Morgan fingerprint density at radius 2 is 1.91 bits per heavy atom. The van der Waals surface area contributed by atoms with Gasteiger partial charge in [0.2, 0.25) is 0 Å². The Balaban J connectivity index is 2.13. The van der Waals surface area contributed by atoms with Gasteiger partial charge in [-0.3, -0.25) is 4.79 Å². The van der Waals surface area contributed by atoms with Crippen molar-refractivity contribution in [1.82, 2.24) is 0 Å². The second kappa shape index (κ2) is 9.43. The van der Waals surface area contributed by atoms with E-state index in [1.165, 1.54) is 7.11 Å². The minimum atomic E-state index is -0.818. The lowest BCUT2D eigenvalue weighted by Crippen LogP contribution is -2.26. The molecule has 1 N–H and O–H groups in total. The molecular formula is C26H32O7. The molecule has 2 aromatic rings. The molecule has 7 heteroatoms. The Bertz CT molecular complexity index is 1060. The molecule has 178 valence electrons. The highest BCUT2D eigenvalue weighted by Gasteiger charge is 2.31. The van der Waals surface area contributed by atoms with Crippen LogP contribution in [0.5, 0.6) is 23.0 Å². The van der Waals surface area contributed by atoms with E-state index in [0.29, 0.717) is 23.3 Å². The second-order valence-electron chi connectivity index (χ2n) is 9.78. The largest absolute Gasteiger partial charge is 0.495 e. The molecule has 0 aliphatic carbocycles. The first-order valence-electron chi connectivity index (χ1n) is 11.0. The van der Waals surface area contributed by atoms with Crippen LogP contribution in [0.15, 0.2) is 24.3 Å². The van der Waals surface area contributed by atoms with Crippen molar-refractivity contribution < 1.29 is 33.6 Å². The molecule has 1 atom stereocenters. The fourth-order valence-corrected chi connectivity index (χ4v) is 3.60. The molecule has 0 aromatic heterocycles. The minimum Gasteiger partial charge on any atom is -0.495 e. The number of rotatable bonds is 5. The van der Waals surface area contributed by atoms with Crippen molar-refractivity contribution in [3.8, 4) is 23.0 Å². The van der Waals surface area contributed by atoms with Crippen LogP contribution in [0.1, 0.15) is 74.2 Å². The van der Waals surface area contributed by atoms with Crippen molar-refractivity contribution in [3.63, 3.8) is 0 Å². The van der Waals surface area contributed by atoms with E-state index in [-0.39, 0.29) is 35.3 Å². The SMILES string of the molecule is COc1c([C@@H](O)CC(C)C)ccc2c1C(=O)OCc1cc(C)cc(OC(=O)C(C)(C)C)c1O2. The van der Waals surface area contributed by atoms with Crippen LogP contribution in [0.3, 0.4) is 0 Å². The van der Waals surface area contributed by atoms with Crippen LogP contribution in [-0.2, 0) is 16.1 Å². The first kappa shape index (κ1) is 24.6. The fraction of sp³-hybridized carbons (Fsp3) is 0.462. The maximum atomic E-state index is 13.0. The van der Waals surface area contributed by atoms with Crippen LogP contribution >= 0.6 is 0 Å². The van der Waals surface area contributed by atoms with Gasteiger partial charge in [-0.25, -0.2) is 4.79 Å². The third kappa shape index (κ3) is 5.30.